The number of carbonyl (C=O) groups is 2. The lowest BCUT2D eigenvalue weighted by atomic mass is 10.1. The first-order chi connectivity index (χ1) is 16.3. The summed E-state index contributed by atoms with van der Waals surface area (Å²) in [4.78, 5) is 26.8. The van der Waals surface area contributed by atoms with E-state index in [0.717, 1.165) is 32.9 Å². The molecular weight excluding hydrogens is 538 g/mol. The number of thioether (sulfide) groups is 1. The third-order valence-corrected chi connectivity index (χ3v) is 7.39. The molecule has 3 aromatic carbocycles. The molecule has 1 aliphatic rings. The zero-order valence-corrected chi connectivity index (χ0v) is 21.9. The zero-order chi connectivity index (χ0) is 24.2. The van der Waals surface area contributed by atoms with Crippen LogP contribution >= 0.6 is 39.3 Å². The van der Waals surface area contributed by atoms with Crippen molar-refractivity contribution >= 4 is 50.4 Å². The predicted octanol–water partition coefficient (Wildman–Crippen LogP) is 6.81. The van der Waals surface area contributed by atoms with Gasteiger partial charge < -0.3 is 9.47 Å². The number of rotatable bonds is 8. The average molecular weight is 561 g/mol. The maximum atomic E-state index is 13.0. The summed E-state index contributed by atoms with van der Waals surface area (Å²) in [6.07, 6.45) is 0.402. The van der Waals surface area contributed by atoms with Crippen molar-refractivity contribution in [2.75, 3.05) is 7.11 Å². The second-order valence-corrected chi connectivity index (χ2v) is 10.5. The van der Waals surface area contributed by atoms with E-state index in [2.05, 4.69) is 15.9 Å². The molecule has 0 bridgehead atoms. The van der Waals surface area contributed by atoms with E-state index < -0.39 is 5.25 Å². The first-order valence-corrected chi connectivity index (χ1v) is 12.7. The van der Waals surface area contributed by atoms with Crippen LogP contribution in [0, 0.1) is 6.92 Å². The van der Waals surface area contributed by atoms with Crippen LogP contribution in [0.2, 0.25) is 5.02 Å². The van der Waals surface area contributed by atoms with Crippen molar-refractivity contribution in [3.8, 4) is 11.5 Å². The van der Waals surface area contributed by atoms with Crippen molar-refractivity contribution in [1.29, 1.82) is 0 Å². The normalized spacial score (nSPS) is 15.6. The minimum absolute atomic E-state index is 0.195. The molecule has 5 nitrogen and oxygen atoms in total. The standard InChI is InChI=1S/C26H23BrClNO4S/c1-16-3-5-18(6-4-16)15-33-24-21(27)11-19(12-22(24)32-2)13-23-25(30)29(26(31)34-23)14-17-7-9-20(28)10-8-17/h3-12,23H,13-15H2,1-2H3/t23-/m1/s1. The van der Waals surface area contributed by atoms with Crippen LogP contribution in [0.15, 0.2) is 65.1 Å². The van der Waals surface area contributed by atoms with Gasteiger partial charge in [-0.1, -0.05) is 65.3 Å². The van der Waals surface area contributed by atoms with Gasteiger partial charge in [-0.25, -0.2) is 0 Å². The molecule has 0 unspecified atom stereocenters. The summed E-state index contributed by atoms with van der Waals surface area (Å²) in [6.45, 7) is 2.68. The Balaban J connectivity index is 1.45. The van der Waals surface area contributed by atoms with E-state index in [4.69, 9.17) is 21.1 Å². The minimum Gasteiger partial charge on any atom is -0.493 e. The summed E-state index contributed by atoms with van der Waals surface area (Å²) >= 11 is 10.6. The Morgan fingerprint density at radius 2 is 1.68 bits per heavy atom. The summed E-state index contributed by atoms with van der Waals surface area (Å²) in [5.74, 6) is 0.966. The van der Waals surface area contributed by atoms with Crippen molar-refractivity contribution in [3.05, 3.63) is 92.4 Å². The van der Waals surface area contributed by atoms with Crippen molar-refractivity contribution in [1.82, 2.24) is 4.90 Å². The van der Waals surface area contributed by atoms with E-state index >= 15 is 0 Å². The highest BCUT2D eigenvalue weighted by Crippen LogP contribution is 2.39. The first-order valence-electron chi connectivity index (χ1n) is 10.6. The summed E-state index contributed by atoms with van der Waals surface area (Å²) in [5.41, 5.74) is 3.97. The molecule has 0 spiro atoms. The molecule has 1 saturated heterocycles. The lowest BCUT2D eigenvalue weighted by molar-refractivity contribution is -0.127. The molecule has 0 aromatic heterocycles. The second-order valence-electron chi connectivity index (χ2n) is 8.01. The molecule has 0 radical (unpaired) electrons. The molecule has 3 aromatic rings. The number of methoxy groups -OCH3 is 1. The highest BCUT2D eigenvalue weighted by molar-refractivity contribution is 9.10. The molecule has 1 aliphatic heterocycles. The highest BCUT2D eigenvalue weighted by atomic mass is 79.9. The van der Waals surface area contributed by atoms with Gasteiger partial charge in [0.25, 0.3) is 5.24 Å². The molecule has 34 heavy (non-hydrogen) atoms. The number of halogens is 2. The van der Waals surface area contributed by atoms with Crippen LogP contribution in [0.5, 0.6) is 11.5 Å². The van der Waals surface area contributed by atoms with Gasteiger partial charge in [0.05, 0.1) is 23.4 Å². The lowest BCUT2D eigenvalue weighted by Crippen LogP contribution is -2.31. The van der Waals surface area contributed by atoms with E-state index in [1.807, 2.05) is 55.5 Å². The lowest BCUT2D eigenvalue weighted by Gasteiger charge is -2.16. The van der Waals surface area contributed by atoms with Gasteiger partial charge >= 0.3 is 0 Å². The molecule has 1 atom stereocenters. The molecule has 2 amide bonds. The predicted molar refractivity (Wildman–Crippen MR) is 139 cm³/mol. The minimum atomic E-state index is -0.490. The Kier molecular flexibility index (Phi) is 7.86. The van der Waals surface area contributed by atoms with Gasteiger partial charge in [-0.15, -0.1) is 0 Å². The highest BCUT2D eigenvalue weighted by Gasteiger charge is 2.39. The van der Waals surface area contributed by atoms with Gasteiger partial charge in [0.2, 0.25) is 5.91 Å². The van der Waals surface area contributed by atoms with Crippen LogP contribution in [-0.2, 0) is 24.4 Å². The second kappa shape index (κ2) is 10.8. The molecule has 1 fully saturated rings. The van der Waals surface area contributed by atoms with Gasteiger partial charge in [0, 0.05) is 5.02 Å². The number of hydrogen-bond acceptors (Lipinski definition) is 5. The van der Waals surface area contributed by atoms with E-state index in [1.165, 1.54) is 10.5 Å². The summed E-state index contributed by atoms with van der Waals surface area (Å²) in [7, 11) is 1.58. The van der Waals surface area contributed by atoms with Crippen LogP contribution in [-0.4, -0.2) is 28.4 Å². The molecule has 176 valence electrons. The Morgan fingerprint density at radius 3 is 2.35 bits per heavy atom. The van der Waals surface area contributed by atoms with E-state index in [0.29, 0.717) is 29.5 Å². The number of ether oxygens (including phenoxy) is 2. The Hall–Kier alpha value is -2.48. The third kappa shape index (κ3) is 5.77. The quantitative estimate of drug-likeness (QED) is 0.303. The SMILES string of the molecule is COc1cc(C[C@H]2SC(=O)N(Cc3ccc(Cl)cc3)C2=O)cc(Br)c1OCc1ccc(C)cc1. The average Bonchev–Trinajstić information content (AvgIpc) is 3.07. The monoisotopic (exact) mass is 559 g/mol. The molecule has 8 heteroatoms. The number of hydrogen-bond donors (Lipinski definition) is 0. The molecular formula is C26H23BrClNO4S. The smallest absolute Gasteiger partial charge is 0.289 e. The van der Waals surface area contributed by atoms with Crippen LogP contribution < -0.4 is 9.47 Å². The first kappa shape index (κ1) is 24.6. The molecule has 4 rings (SSSR count). The van der Waals surface area contributed by atoms with Crippen molar-refractivity contribution in [2.24, 2.45) is 0 Å². The fraction of sp³-hybridized carbons (Fsp3) is 0.231. The van der Waals surface area contributed by atoms with Crippen molar-refractivity contribution < 1.29 is 19.1 Å². The largest absolute Gasteiger partial charge is 0.493 e. The maximum Gasteiger partial charge on any atom is 0.289 e. The van der Waals surface area contributed by atoms with Crippen LogP contribution in [0.3, 0.4) is 0 Å². The van der Waals surface area contributed by atoms with Crippen LogP contribution in [0.1, 0.15) is 22.3 Å². The van der Waals surface area contributed by atoms with Gasteiger partial charge in [0.1, 0.15) is 6.61 Å². The number of benzene rings is 3. The van der Waals surface area contributed by atoms with Crippen LogP contribution in [0.4, 0.5) is 4.79 Å². The maximum absolute atomic E-state index is 13.0. The third-order valence-electron chi connectivity index (χ3n) is 5.47. The Morgan fingerprint density at radius 1 is 1.00 bits per heavy atom. The van der Waals surface area contributed by atoms with Gasteiger partial charge in [0.15, 0.2) is 11.5 Å². The molecule has 0 saturated carbocycles. The van der Waals surface area contributed by atoms with E-state index in [-0.39, 0.29) is 17.7 Å². The Labute approximate surface area is 216 Å². The fourth-order valence-corrected chi connectivity index (χ4v) is 5.39. The molecule has 0 N–H and O–H groups in total. The summed E-state index contributed by atoms with van der Waals surface area (Å²) in [6, 6.07) is 19.0. The number of aryl methyl sites for hydroxylation is 1. The van der Waals surface area contributed by atoms with Gasteiger partial charge in [-0.05, 0) is 70.2 Å². The fourth-order valence-electron chi connectivity index (χ4n) is 3.63. The zero-order valence-electron chi connectivity index (χ0n) is 18.7. The summed E-state index contributed by atoms with van der Waals surface area (Å²) in [5, 5.41) is -0.120. The number of nitrogens with zero attached hydrogens (tertiary/aromatic N) is 1. The topological polar surface area (TPSA) is 55.8 Å². The summed E-state index contributed by atoms with van der Waals surface area (Å²) < 4.78 is 12.3. The number of imide groups is 1. The van der Waals surface area contributed by atoms with Crippen molar-refractivity contribution in [2.45, 2.75) is 31.7 Å². The number of amides is 2. The van der Waals surface area contributed by atoms with E-state index in [9.17, 15) is 9.59 Å². The molecule has 0 aliphatic carbocycles. The van der Waals surface area contributed by atoms with Gasteiger partial charge in [-0.2, -0.15) is 0 Å². The molecule has 1 heterocycles. The van der Waals surface area contributed by atoms with Crippen molar-refractivity contribution in [3.63, 3.8) is 0 Å². The Bertz CT molecular complexity index is 1200. The number of carbonyl (C=O) groups excluding carboxylic acids is 2. The van der Waals surface area contributed by atoms with Crippen LogP contribution in [0.25, 0.3) is 0 Å². The van der Waals surface area contributed by atoms with E-state index in [1.54, 1.807) is 19.2 Å². The van der Waals surface area contributed by atoms with Gasteiger partial charge in [-0.3, -0.25) is 14.5 Å².